The smallest absolute Gasteiger partial charge is 0.262 e. The van der Waals surface area contributed by atoms with E-state index >= 15 is 0 Å². The topological polar surface area (TPSA) is 85.6 Å². The van der Waals surface area contributed by atoms with Crippen molar-refractivity contribution < 1.29 is 13.2 Å². The maximum Gasteiger partial charge on any atom is 0.262 e. The number of nitrogens with one attached hydrogen (secondary N) is 1. The Bertz CT molecular complexity index is 1300. The van der Waals surface area contributed by atoms with Crippen LogP contribution in [0.25, 0.3) is 16.9 Å². The molecule has 7 nitrogen and oxygen atoms in total. The van der Waals surface area contributed by atoms with Gasteiger partial charge in [0.25, 0.3) is 10.0 Å². The Hall–Kier alpha value is -3.39. The normalized spacial score (nSPS) is 11.6. The molecule has 0 aliphatic heterocycles. The Balaban J connectivity index is 1.60. The van der Waals surface area contributed by atoms with Crippen molar-refractivity contribution in [2.24, 2.45) is 0 Å². The van der Waals surface area contributed by atoms with Gasteiger partial charge in [0.15, 0.2) is 5.65 Å². The maximum absolute atomic E-state index is 12.8. The lowest BCUT2D eigenvalue weighted by molar-refractivity contribution is 0.390. The lowest BCUT2D eigenvalue weighted by Crippen LogP contribution is -2.14. The van der Waals surface area contributed by atoms with E-state index in [1.54, 1.807) is 55.1 Å². The number of fused-ring (bicyclic) bond motifs is 1. The molecule has 0 bridgehead atoms. The fraction of sp³-hybridized carbons (Fsp3) is 0.143. The summed E-state index contributed by atoms with van der Waals surface area (Å²) in [7, 11) is -2.11. The molecule has 0 aliphatic carbocycles. The average Bonchev–Trinajstić information content (AvgIpc) is 3.13. The number of aryl methyl sites for hydroxylation is 2. The SMILES string of the molecule is COc1ccc2nc(-c3ccc(NS(=O)(=O)c4cc(C)ccc4C)cc3)cn2n1. The molecule has 148 valence electrons. The number of hydrogen-bond donors (Lipinski definition) is 1. The summed E-state index contributed by atoms with van der Waals surface area (Å²) in [6.07, 6.45) is 1.80. The quantitative estimate of drug-likeness (QED) is 0.543. The molecule has 0 aliphatic rings. The second kappa shape index (κ2) is 7.21. The largest absolute Gasteiger partial charge is 0.480 e. The Morgan fingerprint density at radius 1 is 1.00 bits per heavy atom. The molecule has 4 aromatic rings. The van der Waals surface area contributed by atoms with Crippen molar-refractivity contribution in [2.75, 3.05) is 11.8 Å². The summed E-state index contributed by atoms with van der Waals surface area (Å²) in [5, 5.41) is 4.30. The van der Waals surface area contributed by atoms with Gasteiger partial charge in [0.2, 0.25) is 5.88 Å². The number of aromatic nitrogens is 3. The molecule has 29 heavy (non-hydrogen) atoms. The minimum Gasteiger partial charge on any atom is -0.480 e. The van der Waals surface area contributed by atoms with Gasteiger partial charge < -0.3 is 4.74 Å². The predicted molar refractivity (Wildman–Crippen MR) is 112 cm³/mol. The second-order valence-corrected chi connectivity index (χ2v) is 8.41. The molecule has 2 aromatic carbocycles. The molecule has 2 heterocycles. The van der Waals surface area contributed by atoms with E-state index in [4.69, 9.17) is 4.74 Å². The number of methoxy groups -OCH3 is 1. The fourth-order valence-corrected chi connectivity index (χ4v) is 4.42. The highest BCUT2D eigenvalue weighted by molar-refractivity contribution is 7.92. The van der Waals surface area contributed by atoms with Gasteiger partial charge in [-0.05, 0) is 49.2 Å². The van der Waals surface area contributed by atoms with Gasteiger partial charge in [-0.15, -0.1) is 5.10 Å². The van der Waals surface area contributed by atoms with Crippen LogP contribution < -0.4 is 9.46 Å². The van der Waals surface area contributed by atoms with E-state index in [9.17, 15) is 8.42 Å². The summed E-state index contributed by atoms with van der Waals surface area (Å²) in [5.74, 6) is 0.498. The van der Waals surface area contributed by atoms with E-state index in [0.717, 1.165) is 16.8 Å². The summed E-state index contributed by atoms with van der Waals surface area (Å²) in [6.45, 7) is 3.65. The van der Waals surface area contributed by atoms with Crippen molar-refractivity contribution in [3.05, 3.63) is 71.9 Å². The molecule has 0 unspecified atom stereocenters. The first-order valence-corrected chi connectivity index (χ1v) is 10.4. The summed E-state index contributed by atoms with van der Waals surface area (Å²) in [4.78, 5) is 4.82. The number of rotatable bonds is 5. The van der Waals surface area contributed by atoms with Crippen molar-refractivity contribution in [3.8, 4) is 17.1 Å². The number of nitrogens with zero attached hydrogens (tertiary/aromatic N) is 3. The number of anilines is 1. The third-order valence-corrected chi connectivity index (χ3v) is 6.09. The third-order valence-electron chi connectivity index (χ3n) is 4.57. The average molecular weight is 408 g/mol. The Labute approximate surface area is 169 Å². The molecule has 8 heteroatoms. The van der Waals surface area contributed by atoms with Crippen LogP contribution in [0.3, 0.4) is 0 Å². The van der Waals surface area contributed by atoms with Gasteiger partial charge in [0, 0.05) is 17.3 Å². The summed E-state index contributed by atoms with van der Waals surface area (Å²) < 4.78 is 34.9. The minimum atomic E-state index is -3.67. The van der Waals surface area contributed by atoms with Crippen molar-refractivity contribution >= 4 is 21.4 Å². The first kappa shape index (κ1) is 18.9. The number of benzene rings is 2. The zero-order valence-corrected chi connectivity index (χ0v) is 17.1. The van der Waals surface area contributed by atoms with Crippen molar-refractivity contribution in [1.29, 1.82) is 0 Å². The van der Waals surface area contributed by atoms with Gasteiger partial charge in [-0.1, -0.05) is 24.3 Å². The van der Waals surface area contributed by atoms with Crippen molar-refractivity contribution in [1.82, 2.24) is 14.6 Å². The highest BCUT2D eigenvalue weighted by Crippen LogP contribution is 2.24. The Morgan fingerprint density at radius 2 is 1.76 bits per heavy atom. The summed E-state index contributed by atoms with van der Waals surface area (Å²) >= 11 is 0. The number of imidazole rings is 1. The van der Waals surface area contributed by atoms with E-state index in [-0.39, 0.29) is 4.90 Å². The third kappa shape index (κ3) is 3.79. The van der Waals surface area contributed by atoms with Crippen LogP contribution >= 0.6 is 0 Å². The monoisotopic (exact) mass is 408 g/mol. The minimum absolute atomic E-state index is 0.280. The fourth-order valence-electron chi connectivity index (χ4n) is 3.03. The molecule has 0 radical (unpaired) electrons. The molecule has 0 amide bonds. The second-order valence-electron chi connectivity index (χ2n) is 6.76. The molecule has 4 rings (SSSR count). The zero-order chi connectivity index (χ0) is 20.6. The Morgan fingerprint density at radius 3 is 2.48 bits per heavy atom. The van der Waals surface area contributed by atoms with Gasteiger partial charge in [-0.3, -0.25) is 4.72 Å². The molecule has 1 N–H and O–H groups in total. The van der Waals surface area contributed by atoms with E-state index < -0.39 is 10.0 Å². The first-order chi connectivity index (χ1) is 13.9. The first-order valence-electron chi connectivity index (χ1n) is 8.97. The van der Waals surface area contributed by atoms with E-state index in [1.807, 2.05) is 31.2 Å². The molecule has 0 spiro atoms. The molecule has 2 aromatic heterocycles. The molecular formula is C21H20N4O3S. The molecule has 0 fully saturated rings. The maximum atomic E-state index is 12.8. The van der Waals surface area contributed by atoms with Crippen LogP contribution in [0.1, 0.15) is 11.1 Å². The summed E-state index contributed by atoms with van der Waals surface area (Å²) in [6, 6.07) is 16.0. The molecule has 0 saturated heterocycles. The van der Waals surface area contributed by atoms with Gasteiger partial charge in [-0.25, -0.2) is 17.9 Å². The van der Waals surface area contributed by atoms with Gasteiger partial charge in [0.05, 0.1) is 23.9 Å². The lowest BCUT2D eigenvalue weighted by Gasteiger charge is -2.11. The highest BCUT2D eigenvalue weighted by Gasteiger charge is 2.17. The van der Waals surface area contributed by atoms with Crippen LogP contribution in [-0.2, 0) is 10.0 Å². The summed E-state index contributed by atoms with van der Waals surface area (Å²) in [5.41, 5.74) is 4.35. The Kier molecular flexibility index (Phi) is 4.71. The van der Waals surface area contributed by atoms with Crippen molar-refractivity contribution in [3.63, 3.8) is 0 Å². The van der Waals surface area contributed by atoms with Crippen LogP contribution in [0, 0.1) is 13.8 Å². The number of hydrogen-bond acceptors (Lipinski definition) is 5. The van der Waals surface area contributed by atoms with Crippen LogP contribution in [0.15, 0.2) is 65.7 Å². The van der Waals surface area contributed by atoms with Crippen LogP contribution in [-0.4, -0.2) is 30.1 Å². The van der Waals surface area contributed by atoms with Crippen LogP contribution in [0.4, 0.5) is 5.69 Å². The van der Waals surface area contributed by atoms with E-state index in [0.29, 0.717) is 22.8 Å². The standard InChI is InChI=1S/C21H20N4O3S/c1-14-4-5-15(2)19(12-14)29(26,27)24-17-8-6-16(7-9-17)18-13-25-20(22-18)10-11-21(23-25)28-3/h4-13,24H,1-3H3. The van der Waals surface area contributed by atoms with Gasteiger partial charge in [-0.2, -0.15) is 0 Å². The van der Waals surface area contributed by atoms with Crippen LogP contribution in [0.2, 0.25) is 0 Å². The van der Waals surface area contributed by atoms with Crippen LogP contribution in [0.5, 0.6) is 5.88 Å². The number of sulfonamides is 1. The van der Waals surface area contributed by atoms with E-state index in [2.05, 4.69) is 14.8 Å². The highest BCUT2D eigenvalue weighted by atomic mass is 32.2. The molecule has 0 saturated carbocycles. The lowest BCUT2D eigenvalue weighted by atomic mass is 10.1. The van der Waals surface area contributed by atoms with Gasteiger partial charge >= 0.3 is 0 Å². The number of ether oxygens (including phenoxy) is 1. The van der Waals surface area contributed by atoms with Gasteiger partial charge in [0.1, 0.15) is 0 Å². The zero-order valence-electron chi connectivity index (χ0n) is 16.2. The predicted octanol–water partition coefficient (Wildman–Crippen LogP) is 3.82. The molecular weight excluding hydrogens is 388 g/mol. The van der Waals surface area contributed by atoms with E-state index in [1.165, 1.54) is 0 Å². The van der Waals surface area contributed by atoms with Crippen molar-refractivity contribution in [2.45, 2.75) is 18.7 Å². The molecule has 0 atom stereocenters.